The quantitative estimate of drug-likeness (QED) is 0.650. The second-order valence-electron chi connectivity index (χ2n) is 5.77. The summed E-state index contributed by atoms with van der Waals surface area (Å²) in [5.74, 6) is 0.0313. The summed E-state index contributed by atoms with van der Waals surface area (Å²) in [6.07, 6.45) is 10.3. The van der Waals surface area contributed by atoms with E-state index in [1.165, 1.54) is 32.1 Å². The van der Waals surface area contributed by atoms with Gasteiger partial charge >= 0.3 is 112 Å². The van der Waals surface area contributed by atoms with E-state index >= 15 is 0 Å². The average Bonchev–Trinajstić information content (AvgIpc) is 2.46. The van der Waals surface area contributed by atoms with Crippen molar-refractivity contribution in [3.63, 3.8) is 0 Å². The summed E-state index contributed by atoms with van der Waals surface area (Å²) in [7, 11) is 0. The molecule has 2 nitrogen and oxygen atoms in total. The fourth-order valence-corrected chi connectivity index (χ4v) is 9.56. The van der Waals surface area contributed by atoms with Crippen LogP contribution in [0.15, 0.2) is 0 Å². The summed E-state index contributed by atoms with van der Waals surface area (Å²) in [6, 6.07) is 0. The van der Waals surface area contributed by atoms with Crippen LogP contribution < -0.4 is 0 Å². The topological polar surface area (TPSA) is 26.3 Å². The Hall–Kier alpha value is -0.100. The predicted octanol–water partition coefficient (Wildman–Crippen LogP) is 4.80. The molecule has 0 aromatic heterocycles. The van der Waals surface area contributed by atoms with E-state index in [0.717, 1.165) is 18.5 Å². The molecular formula is C15H31O2P. The van der Waals surface area contributed by atoms with Crippen LogP contribution in [0.2, 0.25) is 0 Å². The molecule has 1 saturated carbocycles. The van der Waals surface area contributed by atoms with Crippen molar-refractivity contribution >= 4 is 12.8 Å². The summed E-state index contributed by atoms with van der Waals surface area (Å²) < 4.78 is 6.25. The number of carbonyl (C=O) groups is 1. The van der Waals surface area contributed by atoms with Crippen LogP contribution in [0.3, 0.4) is 0 Å². The zero-order valence-corrected chi connectivity index (χ0v) is 13.6. The number of carbonyl (C=O) groups excluding carboxylic acids is 1. The molecule has 0 bridgehead atoms. The minimum absolute atomic E-state index is 0.0313. The van der Waals surface area contributed by atoms with E-state index in [4.69, 9.17) is 4.52 Å². The molecule has 0 aromatic carbocycles. The van der Waals surface area contributed by atoms with Gasteiger partial charge in [0.15, 0.2) is 0 Å². The molecule has 0 aliphatic heterocycles. The molecule has 18 heavy (non-hydrogen) atoms. The average molecular weight is 274 g/mol. The SMILES string of the molecule is CCC(=O)OP(CC)(CC)(CC)C1CCCCC1. The van der Waals surface area contributed by atoms with Crippen LogP contribution in [-0.4, -0.2) is 30.1 Å². The standard InChI is InChI=1S/C15H31O2P/c1-5-15(16)17-18(6-2,7-3,8-4)14-12-10-9-11-13-14/h14H,5-13H2,1-4H3. The Bertz CT molecular complexity index is 267. The van der Waals surface area contributed by atoms with Crippen LogP contribution in [0.4, 0.5) is 0 Å². The van der Waals surface area contributed by atoms with Crippen molar-refractivity contribution in [1.29, 1.82) is 0 Å². The fourth-order valence-electron chi connectivity index (χ4n) is 3.79. The van der Waals surface area contributed by atoms with Crippen molar-refractivity contribution in [2.75, 3.05) is 18.5 Å². The van der Waals surface area contributed by atoms with E-state index in [2.05, 4.69) is 20.8 Å². The molecule has 0 N–H and O–H groups in total. The molecular weight excluding hydrogens is 243 g/mol. The van der Waals surface area contributed by atoms with E-state index in [-0.39, 0.29) is 5.97 Å². The van der Waals surface area contributed by atoms with E-state index in [1.807, 2.05) is 6.92 Å². The van der Waals surface area contributed by atoms with Gasteiger partial charge in [0, 0.05) is 0 Å². The molecule has 0 radical (unpaired) electrons. The van der Waals surface area contributed by atoms with Crippen molar-refractivity contribution in [2.24, 2.45) is 0 Å². The van der Waals surface area contributed by atoms with Crippen LogP contribution in [0.5, 0.6) is 0 Å². The normalized spacial score (nSPS) is 20.1. The molecule has 0 unspecified atom stereocenters. The van der Waals surface area contributed by atoms with Crippen molar-refractivity contribution in [1.82, 2.24) is 0 Å². The van der Waals surface area contributed by atoms with Crippen molar-refractivity contribution in [2.45, 2.75) is 71.9 Å². The van der Waals surface area contributed by atoms with E-state index < -0.39 is 6.83 Å². The van der Waals surface area contributed by atoms with Gasteiger partial charge in [-0.2, -0.15) is 0 Å². The first-order valence-electron chi connectivity index (χ1n) is 7.80. The number of hydrogen-bond acceptors (Lipinski definition) is 2. The molecule has 1 rings (SSSR count). The molecule has 1 aliphatic carbocycles. The third-order valence-corrected chi connectivity index (χ3v) is 13.0. The second-order valence-corrected chi connectivity index (χ2v) is 12.0. The zero-order chi connectivity index (χ0) is 13.7. The Morgan fingerprint density at radius 3 is 1.89 bits per heavy atom. The zero-order valence-electron chi connectivity index (χ0n) is 12.7. The summed E-state index contributed by atoms with van der Waals surface area (Å²) in [6.45, 7) is 6.38. The van der Waals surface area contributed by atoms with Crippen molar-refractivity contribution in [3.05, 3.63) is 0 Å². The van der Waals surface area contributed by atoms with E-state index in [1.54, 1.807) is 0 Å². The molecule has 1 fully saturated rings. The van der Waals surface area contributed by atoms with Crippen LogP contribution in [0, 0.1) is 0 Å². The molecule has 0 heterocycles. The van der Waals surface area contributed by atoms with E-state index in [0.29, 0.717) is 12.1 Å². The maximum atomic E-state index is 12.0. The first-order chi connectivity index (χ1) is 8.56. The molecule has 0 saturated heterocycles. The Morgan fingerprint density at radius 2 is 1.50 bits per heavy atom. The van der Waals surface area contributed by atoms with Crippen LogP contribution in [0.1, 0.15) is 66.2 Å². The van der Waals surface area contributed by atoms with Gasteiger partial charge in [0.2, 0.25) is 0 Å². The second kappa shape index (κ2) is 6.37. The molecule has 108 valence electrons. The third kappa shape index (κ3) is 2.74. The van der Waals surface area contributed by atoms with Crippen LogP contribution in [-0.2, 0) is 9.32 Å². The van der Waals surface area contributed by atoms with E-state index in [9.17, 15) is 4.79 Å². The summed E-state index contributed by atoms with van der Waals surface area (Å²) in [5.41, 5.74) is 0.681. The Morgan fingerprint density at radius 1 is 1.00 bits per heavy atom. The van der Waals surface area contributed by atoms with Gasteiger partial charge in [0.1, 0.15) is 0 Å². The molecule has 0 atom stereocenters. The van der Waals surface area contributed by atoms with Gasteiger partial charge in [-0.15, -0.1) is 0 Å². The van der Waals surface area contributed by atoms with Gasteiger partial charge in [0.05, 0.1) is 0 Å². The van der Waals surface area contributed by atoms with Gasteiger partial charge in [-0.25, -0.2) is 0 Å². The molecule has 0 amide bonds. The third-order valence-electron chi connectivity index (χ3n) is 5.41. The Balaban J connectivity index is 3.07. The van der Waals surface area contributed by atoms with Gasteiger partial charge < -0.3 is 0 Å². The first kappa shape index (κ1) is 16.0. The molecule has 0 spiro atoms. The minimum atomic E-state index is -2.28. The molecule has 1 aliphatic rings. The Labute approximate surface area is 113 Å². The summed E-state index contributed by atoms with van der Waals surface area (Å²) >= 11 is 0. The maximum absolute atomic E-state index is 12.0. The van der Waals surface area contributed by atoms with Gasteiger partial charge in [-0.3, -0.25) is 0 Å². The predicted molar refractivity (Wildman–Crippen MR) is 81.8 cm³/mol. The first-order valence-corrected chi connectivity index (χ1v) is 10.6. The van der Waals surface area contributed by atoms with Gasteiger partial charge in [-0.1, -0.05) is 0 Å². The van der Waals surface area contributed by atoms with Crippen molar-refractivity contribution in [3.8, 4) is 0 Å². The van der Waals surface area contributed by atoms with Crippen LogP contribution in [0.25, 0.3) is 0 Å². The van der Waals surface area contributed by atoms with Gasteiger partial charge in [-0.05, 0) is 0 Å². The summed E-state index contributed by atoms with van der Waals surface area (Å²) in [5, 5.41) is 0. The van der Waals surface area contributed by atoms with Crippen molar-refractivity contribution < 1.29 is 9.32 Å². The Kier molecular flexibility index (Phi) is 5.65. The molecule has 3 heteroatoms. The number of hydrogen-bond donors (Lipinski definition) is 0. The molecule has 0 aromatic rings. The van der Waals surface area contributed by atoms with Gasteiger partial charge in [0.25, 0.3) is 0 Å². The van der Waals surface area contributed by atoms with Crippen LogP contribution >= 0.6 is 6.83 Å². The monoisotopic (exact) mass is 274 g/mol. The summed E-state index contributed by atoms with van der Waals surface area (Å²) in [4.78, 5) is 12.0. The number of rotatable bonds is 6. The fraction of sp³-hybridized carbons (Fsp3) is 0.933.